The molecule has 0 aliphatic heterocycles. The third-order valence-electron chi connectivity index (χ3n) is 7.16. The van der Waals surface area contributed by atoms with Gasteiger partial charge in [0.2, 0.25) is 29.5 Å². The second-order valence-electron chi connectivity index (χ2n) is 10.6. The maximum atomic E-state index is 13.9. The number of amides is 5. The number of carbonyl (C=O) groups excluding carboxylic acids is 5. The summed E-state index contributed by atoms with van der Waals surface area (Å²) in [6.07, 6.45) is 5.01. The van der Waals surface area contributed by atoms with Crippen molar-refractivity contribution in [2.45, 2.75) is 50.4 Å². The van der Waals surface area contributed by atoms with E-state index in [1.807, 2.05) is 42.5 Å². The van der Waals surface area contributed by atoms with Crippen LogP contribution in [0, 0.1) is 0 Å². The van der Waals surface area contributed by atoms with Crippen molar-refractivity contribution in [1.82, 2.24) is 36.2 Å². The number of carbonyl (C=O) groups is 5. The molecule has 2 heterocycles. The van der Waals surface area contributed by atoms with Crippen molar-refractivity contribution in [1.29, 1.82) is 0 Å². The third-order valence-corrected chi connectivity index (χ3v) is 7.53. The fourth-order valence-electron chi connectivity index (χ4n) is 4.88. The van der Waals surface area contributed by atoms with E-state index in [4.69, 9.17) is 5.73 Å². The minimum atomic E-state index is -1.15. The van der Waals surface area contributed by atoms with Crippen LogP contribution in [0.4, 0.5) is 0 Å². The van der Waals surface area contributed by atoms with Crippen molar-refractivity contribution >= 4 is 53.1 Å². The lowest BCUT2D eigenvalue weighted by Gasteiger charge is -2.26. The van der Waals surface area contributed by atoms with Gasteiger partial charge < -0.3 is 37.0 Å². The van der Waals surface area contributed by atoms with E-state index in [0.717, 1.165) is 22.0 Å². The first-order chi connectivity index (χ1) is 21.6. The number of hydrogen-bond acceptors (Lipinski definition) is 7. The zero-order valence-corrected chi connectivity index (χ0v) is 25.5. The molecule has 0 radical (unpaired) electrons. The lowest BCUT2D eigenvalue weighted by atomic mass is 10.0. The Morgan fingerprint density at radius 2 is 1.38 bits per heavy atom. The van der Waals surface area contributed by atoms with Gasteiger partial charge in [-0.1, -0.05) is 48.5 Å². The molecule has 8 N–H and O–H groups in total. The van der Waals surface area contributed by atoms with Gasteiger partial charge in [0.1, 0.15) is 24.2 Å². The number of rotatable bonds is 15. The largest absolute Gasteiger partial charge is 0.368 e. The molecule has 45 heavy (non-hydrogen) atoms. The van der Waals surface area contributed by atoms with E-state index in [9.17, 15) is 24.0 Å². The number of aromatic nitrogens is 3. The highest BCUT2D eigenvalue weighted by Gasteiger charge is 2.31. The Balaban J connectivity index is 1.61. The third kappa shape index (κ3) is 9.19. The van der Waals surface area contributed by atoms with Gasteiger partial charge in [0.25, 0.3) is 0 Å². The summed E-state index contributed by atoms with van der Waals surface area (Å²) in [4.78, 5) is 74.8. The minimum absolute atomic E-state index is 0.0393. The molecule has 0 saturated heterocycles. The lowest BCUT2D eigenvalue weighted by molar-refractivity contribution is -0.134. The molecule has 0 aliphatic carbocycles. The summed E-state index contributed by atoms with van der Waals surface area (Å²) in [7, 11) is 0. The Morgan fingerprint density at radius 3 is 1.98 bits per heavy atom. The highest BCUT2D eigenvalue weighted by atomic mass is 32.1. The molecule has 2 aromatic heterocycles. The fourth-order valence-corrected chi connectivity index (χ4v) is 5.15. The van der Waals surface area contributed by atoms with Crippen molar-refractivity contribution in [3.63, 3.8) is 0 Å². The van der Waals surface area contributed by atoms with Crippen LogP contribution in [0.25, 0.3) is 10.9 Å². The molecule has 0 spiro atoms. The number of thiol groups is 1. The van der Waals surface area contributed by atoms with Crippen LogP contribution in [0.5, 0.6) is 0 Å². The zero-order chi connectivity index (χ0) is 32.3. The molecular formula is C31H36N8O5S. The van der Waals surface area contributed by atoms with Gasteiger partial charge in [0.05, 0.1) is 6.33 Å². The van der Waals surface area contributed by atoms with Gasteiger partial charge in [-0.3, -0.25) is 24.0 Å². The van der Waals surface area contributed by atoms with Crippen molar-refractivity contribution in [3.05, 3.63) is 90.1 Å². The maximum absolute atomic E-state index is 13.9. The van der Waals surface area contributed by atoms with Crippen LogP contribution in [0.3, 0.4) is 0 Å². The number of hydrogen-bond donors (Lipinski definition) is 8. The molecule has 236 valence electrons. The molecule has 0 aliphatic rings. The summed E-state index contributed by atoms with van der Waals surface area (Å²) in [5.41, 5.74) is 8.39. The Bertz CT molecular complexity index is 1630. The predicted octanol–water partition coefficient (Wildman–Crippen LogP) is 0.293. The van der Waals surface area contributed by atoms with E-state index in [1.165, 1.54) is 19.4 Å². The number of nitrogens with one attached hydrogen (secondary N) is 6. The van der Waals surface area contributed by atoms with E-state index in [0.29, 0.717) is 5.69 Å². The number of nitrogens with two attached hydrogens (primary N) is 1. The number of aromatic amines is 2. The van der Waals surface area contributed by atoms with Gasteiger partial charge in [-0.25, -0.2) is 4.98 Å². The molecule has 4 atom stereocenters. The summed E-state index contributed by atoms with van der Waals surface area (Å²) in [6.45, 7) is 1.29. The van der Waals surface area contributed by atoms with E-state index in [2.05, 4.69) is 48.8 Å². The lowest BCUT2D eigenvalue weighted by Crippen LogP contribution is -2.59. The highest BCUT2D eigenvalue weighted by molar-refractivity contribution is 7.80. The molecule has 0 unspecified atom stereocenters. The van der Waals surface area contributed by atoms with Crippen LogP contribution >= 0.6 is 12.6 Å². The number of imidazole rings is 1. The summed E-state index contributed by atoms with van der Waals surface area (Å²) < 4.78 is 0. The number of primary amides is 1. The monoisotopic (exact) mass is 632 g/mol. The Hall–Kier alpha value is -5.11. The number of fused-ring (bicyclic) bond motifs is 1. The molecule has 14 heteroatoms. The van der Waals surface area contributed by atoms with Gasteiger partial charge >= 0.3 is 0 Å². The average Bonchev–Trinajstić information content (AvgIpc) is 3.69. The Morgan fingerprint density at radius 1 is 0.778 bits per heavy atom. The summed E-state index contributed by atoms with van der Waals surface area (Å²) in [6, 6.07) is 12.2. The second kappa shape index (κ2) is 15.6. The standard InChI is InChI=1S/C31H36N8O5S/c1-18(40)36-26(13-21-15-33-17-35-21)31(44)37-24(11-19-7-3-2-4-8-19)29(42)38-25(30(43)39-27(16-45)28(32)41)12-20-14-34-23-10-6-5-9-22(20)23/h2-10,14-15,17,24-27,34,45H,11-13,16H2,1H3,(H2,32,41)(H,33,35)(H,36,40)(H,37,44)(H,38,42)(H,39,43)/t24-,25+,26+,27+/m1/s1. The van der Waals surface area contributed by atoms with Gasteiger partial charge in [0.15, 0.2) is 0 Å². The molecule has 0 fully saturated rings. The molecule has 2 aromatic carbocycles. The molecule has 4 rings (SSSR count). The molecular weight excluding hydrogens is 596 g/mol. The van der Waals surface area contributed by atoms with Crippen LogP contribution in [0.1, 0.15) is 23.7 Å². The normalized spacial score (nSPS) is 13.6. The van der Waals surface area contributed by atoms with E-state index >= 15 is 0 Å². The molecule has 5 amide bonds. The van der Waals surface area contributed by atoms with Crippen molar-refractivity contribution in [2.24, 2.45) is 5.73 Å². The van der Waals surface area contributed by atoms with Gasteiger partial charge in [-0.2, -0.15) is 12.6 Å². The highest BCUT2D eigenvalue weighted by Crippen LogP contribution is 2.19. The Labute approximate surface area is 264 Å². The smallest absolute Gasteiger partial charge is 0.243 e. The molecule has 4 aromatic rings. The average molecular weight is 633 g/mol. The van der Waals surface area contributed by atoms with Crippen LogP contribution in [-0.2, 0) is 43.2 Å². The maximum Gasteiger partial charge on any atom is 0.243 e. The summed E-state index contributed by atoms with van der Waals surface area (Å²) in [5, 5.41) is 11.6. The number of para-hydroxylation sites is 1. The summed E-state index contributed by atoms with van der Waals surface area (Å²) >= 11 is 4.11. The number of nitrogens with zero attached hydrogens (tertiary/aromatic N) is 1. The van der Waals surface area contributed by atoms with E-state index in [-0.39, 0.29) is 25.0 Å². The first-order valence-electron chi connectivity index (χ1n) is 14.3. The van der Waals surface area contributed by atoms with Crippen molar-refractivity contribution in [2.75, 3.05) is 5.75 Å². The second-order valence-corrected chi connectivity index (χ2v) is 10.9. The first-order valence-corrected chi connectivity index (χ1v) is 14.9. The topological polar surface area (TPSA) is 204 Å². The quantitative estimate of drug-likeness (QED) is 0.0865. The minimum Gasteiger partial charge on any atom is -0.368 e. The van der Waals surface area contributed by atoms with Gasteiger partial charge in [-0.05, 0) is 17.2 Å². The van der Waals surface area contributed by atoms with Gasteiger partial charge in [0, 0.05) is 60.9 Å². The van der Waals surface area contributed by atoms with Crippen molar-refractivity contribution in [3.8, 4) is 0 Å². The summed E-state index contributed by atoms with van der Waals surface area (Å²) in [5.74, 6) is -3.13. The zero-order valence-electron chi connectivity index (χ0n) is 24.6. The first kappa shape index (κ1) is 32.8. The predicted molar refractivity (Wildman–Crippen MR) is 171 cm³/mol. The number of H-pyrrole nitrogens is 2. The Kier molecular flexibility index (Phi) is 11.3. The van der Waals surface area contributed by atoms with Gasteiger partial charge in [-0.15, -0.1) is 0 Å². The van der Waals surface area contributed by atoms with Crippen LogP contribution in [0.2, 0.25) is 0 Å². The van der Waals surface area contributed by atoms with Crippen LogP contribution in [-0.4, -0.2) is 74.4 Å². The SMILES string of the molecule is CC(=O)N[C@@H](Cc1cnc[nH]1)C(=O)N[C@H](Cc1ccccc1)C(=O)N[C@@H](Cc1c[nH]c2ccccc12)C(=O)N[C@@H](CS)C(N)=O. The van der Waals surface area contributed by atoms with E-state index < -0.39 is 53.7 Å². The molecule has 0 saturated carbocycles. The fraction of sp³-hybridized carbons (Fsp3) is 0.290. The van der Waals surface area contributed by atoms with E-state index in [1.54, 1.807) is 18.3 Å². The molecule has 0 bridgehead atoms. The van der Waals surface area contributed by atoms with Crippen molar-refractivity contribution < 1.29 is 24.0 Å². The molecule has 13 nitrogen and oxygen atoms in total. The number of benzene rings is 2. The van der Waals surface area contributed by atoms with Crippen LogP contribution < -0.4 is 27.0 Å². The van der Waals surface area contributed by atoms with Crippen LogP contribution in [0.15, 0.2) is 73.3 Å².